The van der Waals surface area contributed by atoms with Gasteiger partial charge in [0, 0.05) is 37.6 Å². The number of hydrogen-bond acceptors (Lipinski definition) is 4. The summed E-state index contributed by atoms with van der Waals surface area (Å²) in [5.74, 6) is 2.34. The van der Waals surface area contributed by atoms with Crippen LogP contribution >= 0.6 is 11.8 Å². The minimum Gasteiger partial charge on any atom is -0.468 e. The maximum Gasteiger partial charge on any atom is 0.325 e. The monoisotopic (exact) mass is 427 g/mol. The maximum absolute atomic E-state index is 12.9. The van der Waals surface area contributed by atoms with Crippen molar-refractivity contribution in [2.75, 3.05) is 43.4 Å². The molecule has 3 amide bonds. The molecule has 1 atom stereocenters. The number of benzene rings is 1. The van der Waals surface area contributed by atoms with E-state index < -0.39 is 0 Å². The normalized spacial score (nSPS) is 20.2. The Morgan fingerprint density at radius 3 is 2.63 bits per heavy atom. The van der Waals surface area contributed by atoms with Crippen LogP contribution in [0.3, 0.4) is 0 Å². The zero-order chi connectivity index (χ0) is 21.1. The summed E-state index contributed by atoms with van der Waals surface area (Å²) < 4.78 is 5.54. The minimum atomic E-state index is -0.0849. The number of amides is 3. The van der Waals surface area contributed by atoms with E-state index in [1.165, 1.54) is 5.56 Å². The summed E-state index contributed by atoms with van der Waals surface area (Å²) in [5, 5.41) is 0.288. The van der Waals surface area contributed by atoms with E-state index in [4.69, 9.17) is 4.42 Å². The minimum absolute atomic E-state index is 0.0288. The van der Waals surface area contributed by atoms with E-state index in [2.05, 4.69) is 26.0 Å². The quantitative estimate of drug-likeness (QED) is 0.712. The molecule has 160 valence electrons. The van der Waals surface area contributed by atoms with Crippen molar-refractivity contribution in [3.05, 3.63) is 54.0 Å². The summed E-state index contributed by atoms with van der Waals surface area (Å²) in [7, 11) is 0. The highest BCUT2D eigenvalue weighted by Crippen LogP contribution is 2.34. The van der Waals surface area contributed by atoms with Crippen molar-refractivity contribution >= 4 is 29.4 Å². The summed E-state index contributed by atoms with van der Waals surface area (Å²) in [4.78, 5) is 31.1. The first kappa shape index (κ1) is 20.8. The molecule has 0 aliphatic carbocycles. The topological polar surface area (TPSA) is 57.0 Å². The summed E-state index contributed by atoms with van der Waals surface area (Å²) in [5.41, 5.74) is 2.15. The van der Waals surface area contributed by atoms with Crippen molar-refractivity contribution < 1.29 is 14.0 Å². The molecule has 0 N–H and O–H groups in total. The zero-order valence-corrected chi connectivity index (χ0v) is 18.4. The number of hydrogen-bond donors (Lipinski definition) is 0. The van der Waals surface area contributed by atoms with Gasteiger partial charge in [-0.05, 0) is 42.2 Å². The highest BCUT2D eigenvalue weighted by molar-refractivity contribution is 7.99. The molecule has 0 bridgehead atoms. The third-order valence-electron chi connectivity index (χ3n) is 5.85. The van der Waals surface area contributed by atoms with Gasteiger partial charge in [0.2, 0.25) is 5.91 Å². The lowest BCUT2D eigenvalue weighted by Crippen LogP contribution is -2.43. The Balaban J connectivity index is 1.33. The van der Waals surface area contributed by atoms with Gasteiger partial charge in [-0.1, -0.05) is 26.0 Å². The van der Waals surface area contributed by atoms with E-state index in [9.17, 15) is 9.59 Å². The fourth-order valence-corrected chi connectivity index (χ4v) is 5.17. The predicted octanol–water partition coefficient (Wildman–Crippen LogP) is 4.35. The van der Waals surface area contributed by atoms with Crippen LogP contribution in [0.5, 0.6) is 0 Å². The summed E-state index contributed by atoms with van der Waals surface area (Å²) in [6, 6.07) is 12.0. The Morgan fingerprint density at radius 2 is 1.93 bits per heavy atom. The number of carbonyl (C=O) groups excluding carboxylic acids is 2. The first-order valence-corrected chi connectivity index (χ1v) is 11.7. The van der Waals surface area contributed by atoms with Gasteiger partial charge in [-0.25, -0.2) is 4.79 Å². The molecule has 1 aromatic heterocycles. The first-order chi connectivity index (χ1) is 14.5. The Morgan fingerprint density at radius 1 is 1.13 bits per heavy atom. The number of furan rings is 1. The number of urea groups is 1. The van der Waals surface area contributed by atoms with Gasteiger partial charge < -0.3 is 14.2 Å². The van der Waals surface area contributed by atoms with E-state index in [0.717, 1.165) is 23.6 Å². The van der Waals surface area contributed by atoms with Crippen molar-refractivity contribution in [1.29, 1.82) is 0 Å². The molecule has 7 heteroatoms. The molecule has 2 aliphatic rings. The lowest BCUT2D eigenvalue weighted by atomic mass is 10.0. The van der Waals surface area contributed by atoms with E-state index in [1.54, 1.807) is 16.1 Å². The maximum atomic E-state index is 12.9. The van der Waals surface area contributed by atoms with Crippen molar-refractivity contribution in [3.63, 3.8) is 0 Å². The third-order valence-corrected chi connectivity index (χ3v) is 7.14. The molecule has 2 saturated heterocycles. The number of carbonyl (C=O) groups is 2. The van der Waals surface area contributed by atoms with Crippen LogP contribution in [0.2, 0.25) is 0 Å². The summed E-state index contributed by atoms with van der Waals surface area (Å²) >= 11 is 1.83. The number of anilines is 1. The molecule has 2 aliphatic heterocycles. The molecule has 0 radical (unpaired) electrons. The van der Waals surface area contributed by atoms with Crippen molar-refractivity contribution in [2.24, 2.45) is 0 Å². The first-order valence-electron chi connectivity index (χ1n) is 10.6. The molecule has 0 saturated carbocycles. The summed E-state index contributed by atoms with van der Waals surface area (Å²) in [6.45, 7) is 7.05. The van der Waals surface area contributed by atoms with Gasteiger partial charge in [0.15, 0.2) is 0 Å². The molecule has 0 spiro atoms. The van der Waals surface area contributed by atoms with Gasteiger partial charge in [0.25, 0.3) is 0 Å². The zero-order valence-electron chi connectivity index (χ0n) is 17.6. The molecular weight excluding hydrogens is 398 g/mol. The van der Waals surface area contributed by atoms with Gasteiger partial charge in [-0.15, -0.1) is 11.8 Å². The van der Waals surface area contributed by atoms with Crippen LogP contribution in [0.15, 0.2) is 47.1 Å². The SMILES string of the molecule is CC(C)c1ccc(N2CCN(CC(=O)N3CCSC(c4ccco4)CC3)C2=O)cc1. The largest absolute Gasteiger partial charge is 0.468 e. The second kappa shape index (κ2) is 9.16. The van der Waals surface area contributed by atoms with Crippen LogP contribution in [0.4, 0.5) is 10.5 Å². The number of rotatable bonds is 5. The highest BCUT2D eigenvalue weighted by Gasteiger charge is 2.32. The van der Waals surface area contributed by atoms with Gasteiger partial charge in [0.05, 0.1) is 11.5 Å². The van der Waals surface area contributed by atoms with E-state index >= 15 is 0 Å². The fraction of sp³-hybridized carbons (Fsp3) is 0.478. The van der Waals surface area contributed by atoms with Crippen LogP contribution in [-0.2, 0) is 4.79 Å². The molecule has 2 aromatic rings. The van der Waals surface area contributed by atoms with Gasteiger partial charge in [-0.3, -0.25) is 9.69 Å². The Kier molecular flexibility index (Phi) is 6.37. The lowest BCUT2D eigenvalue weighted by molar-refractivity contribution is -0.131. The van der Waals surface area contributed by atoms with Crippen molar-refractivity contribution in [3.8, 4) is 0 Å². The van der Waals surface area contributed by atoms with E-state index in [0.29, 0.717) is 32.1 Å². The fourth-order valence-electron chi connectivity index (χ4n) is 3.99. The average molecular weight is 428 g/mol. The molecule has 4 rings (SSSR count). The molecule has 6 nitrogen and oxygen atoms in total. The van der Waals surface area contributed by atoms with Gasteiger partial charge >= 0.3 is 6.03 Å². The number of nitrogens with zero attached hydrogens (tertiary/aromatic N) is 3. The Bertz CT molecular complexity index is 866. The predicted molar refractivity (Wildman–Crippen MR) is 120 cm³/mol. The standard InChI is InChI=1S/C23H29N3O3S/c1-17(2)18-5-7-19(8-6-18)26-12-11-25(23(26)28)16-22(27)24-10-9-21(30-15-13-24)20-4-3-14-29-20/h3-8,14,17,21H,9-13,15-16H2,1-2H3. The molecular formula is C23H29N3O3S. The highest BCUT2D eigenvalue weighted by atomic mass is 32.2. The van der Waals surface area contributed by atoms with Crippen molar-refractivity contribution in [1.82, 2.24) is 9.80 Å². The molecule has 2 fully saturated rings. The van der Waals surface area contributed by atoms with Crippen molar-refractivity contribution in [2.45, 2.75) is 31.4 Å². The van der Waals surface area contributed by atoms with Crippen LogP contribution in [0.25, 0.3) is 0 Å². The van der Waals surface area contributed by atoms with Crippen LogP contribution in [-0.4, -0.2) is 60.2 Å². The third kappa shape index (κ3) is 4.51. The average Bonchev–Trinajstić information content (AvgIpc) is 3.32. The smallest absolute Gasteiger partial charge is 0.325 e. The van der Waals surface area contributed by atoms with E-state index in [1.807, 2.05) is 40.9 Å². The Hall–Kier alpha value is -2.41. The summed E-state index contributed by atoms with van der Waals surface area (Å²) in [6.07, 6.45) is 2.57. The van der Waals surface area contributed by atoms with Crippen LogP contribution in [0, 0.1) is 0 Å². The van der Waals surface area contributed by atoms with Gasteiger partial charge in [0.1, 0.15) is 12.3 Å². The van der Waals surface area contributed by atoms with Crippen LogP contribution < -0.4 is 4.90 Å². The number of thioether (sulfide) groups is 1. The van der Waals surface area contributed by atoms with Gasteiger partial charge in [-0.2, -0.15) is 0 Å². The van der Waals surface area contributed by atoms with Crippen LogP contribution in [0.1, 0.15) is 42.8 Å². The lowest BCUT2D eigenvalue weighted by Gasteiger charge is -2.24. The molecule has 1 aromatic carbocycles. The Labute approximate surface area is 182 Å². The van der Waals surface area contributed by atoms with E-state index in [-0.39, 0.29) is 23.7 Å². The second-order valence-corrected chi connectivity index (χ2v) is 9.46. The molecule has 1 unspecified atom stereocenters. The second-order valence-electron chi connectivity index (χ2n) is 8.15. The molecule has 30 heavy (non-hydrogen) atoms. The molecule has 3 heterocycles.